The average molecular weight is 269 g/mol. The minimum atomic E-state index is 0.0217. The van der Waals surface area contributed by atoms with Crippen molar-refractivity contribution in [1.29, 1.82) is 0 Å². The Hall–Kier alpha value is -1.10. The second-order valence-corrected chi connectivity index (χ2v) is 6.12. The quantitative estimate of drug-likeness (QED) is 0.844. The van der Waals surface area contributed by atoms with E-state index in [4.69, 9.17) is 0 Å². The van der Waals surface area contributed by atoms with E-state index in [9.17, 15) is 4.79 Å². The minimum absolute atomic E-state index is 0.0217. The molecule has 0 atom stereocenters. The summed E-state index contributed by atoms with van der Waals surface area (Å²) in [5.41, 5.74) is 1.06. The molecule has 0 saturated heterocycles. The Morgan fingerprint density at radius 2 is 1.94 bits per heavy atom. The normalized spacial score (nSPS) is 11.4. The number of rotatable bonds is 3. The molecule has 0 spiro atoms. The van der Waals surface area contributed by atoms with E-state index in [-0.39, 0.29) is 11.4 Å². The zero-order valence-electron chi connectivity index (χ0n) is 12.1. The van der Waals surface area contributed by atoms with E-state index in [0.717, 1.165) is 10.7 Å². The number of anilines is 1. The highest BCUT2D eigenvalue weighted by molar-refractivity contribution is 7.10. The van der Waals surface area contributed by atoms with Gasteiger partial charge in [0, 0.05) is 25.6 Å². The van der Waals surface area contributed by atoms with Crippen molar-refractivity contribution in [2.75, 3.05) is 25.0 Å². The van der Waals surface area contributed by atoms with Crippen LogP contribution >= 0.6 is 11.5 Å². The maximum atomic E-state index is 12.2. The van der Waals surface area contributed by atoms with Crippen molar-refractivity contribution < 1.29 is 4.79 Å². The lowest BCUT2D eigenvalue weighted by Gasteiger charge is -2.24. The molecule has 102 valence electrons. The molecule has 5 heteroatoms. The SMILES string of the molecule is CCN(C)C(=O)N(CC)c1cc(C(C)(C)C)ns1. The van der Waals surface area contributed by atoms with Gasteiger partial charge in [0.1, 0.15) is 5.00 Å². The van der Waals surface area contributed by atoms with Crippen LogP contribution in [-0.2, 0) is 5.41 Å². The van der Waals surface area contributed by atoms with E-state index in [2.05, 4.69) is 25.1 Å². The first-order chi connectivity index (χ1) is 8.31. The maximum Gasteiger partial charge on any atom is 0.324 e. The maximum absolute atomic E-state index is 12.2. The molecule has 0 N–H and O–H groups in total. The number of carbonyl (C=O) groups is 1. The van der Waals surface area contributed by atoms with Gasteiger partial charge in [-0.15, -0.1) is 0 Å². The fourth-order valence-electron chi connectivity index (χ4n) is 1.47. The summed E-state index contributed by atoms with van der Waals surface area (Å²) >= 11 is 1.39. The lowest BCUT2D eigenvalue weighted by molar-refractivity contribution is 0.218. The van der Waals surface area contributed by atoms with Crippen LogP contribution in [0, 0.1) is 0 Å². The molecule has 0 aliphatic rings. The Balaban J connectivity index is 2.96. The monoisotopic (exact) mass is 269 g/mol. The lowest BCUT2D eigenvalue weighted by Crippen LogP contribution is -2.40. The number of nitrogens with zero attached hydrogens (tertiary/aromatic N) is 3. The number of carbonyl (C=O) groups excluding carboxylic acids is 1. The highest BCUT2D eigenvalue weighted by Crippen LogP contribution is 2.29. The van der Waals surface area contributed by atoms with E-state index in [1.807, 2.05) is 27.0 Å². The van der Waals surface area contributed by atoms with E-state index in [1.165, 1.54) is 11.5 Å². The third-order valence-electron chi connectivity index (χ3n) is 2.88. The molecular weight excluding hydrogens is 246 g/mol. The standard InChI is InChI=1S/C13H23N3OS/c1-7-15(6)12(17)16(8-2)11-9-10(14-18-11)13(3,4)5/h9H,7-8H2,1-6H3. The summed E-state index contributed by atoms with van der Waals surface area (Å²) in [5, 5.41) is 0.924. The van der Waals surface area contributed by atoms with Crippen LogP contribution in [0.1, 0.15) is 40.3 Å². The van der Waals surface area contributed by atoms with Gasteiger partial charge in [-0.2, -0.15) is 4.37 Å². The number of urea groups is 1. The molecule has 0 bridgehead atoms. The number of aromatic nitrogens is 1. The summed E-state index contributed by atoms with van der Waals surface area (Å²) in [6.45, 7) is 11.7. The zero-order valence-corrected chi connectivity index (χ0v) is 13.0. The summed E-state index contributed by atoms with van der Waals surface area (Å²) < 4.78 is 4.45. The summed E-state index contributed by atoms with van der Waals surface area (Å²) in [6, 6.07) is 2.05. The van der Waals surface area contributed by atoms with Crippen molar-refractivity contribution in [1.82, 2.24) is 9.27 Å². The Morgan fingerprint density at radius 3 is 2.33 bits per heavy atom. The van der Waals surface area contributed by atoms with Gasteiger partial charge >= 0.3 is 6.03 Å². The average Bonchev–Trinajstić information content (AvgIpc) is 2.78. The van der Waals surface area contributed by atoms with Crippen molar-refractivity contribution in [3.8, 4) is 0 Å². The second kappa shape index (κ2) is 5.69. The zero-order chi connectivity index (χ0) is 13.9. The van der Waals surface area contributed by atoms with Crippen molar-refractivity contribution in [3.63, 3.8) is 0 Å². The Bertz CT molecular complexity index is 409. The van der Waals surface area contributed by atoms with Gasteiger partial charge in [0.2, 0.25) is 0 Å². The summed E-state index contributed by atoms with van der Waals surface area (Å²) in [4.78, 5) is 15.7. The molecule has 0 radical (unpaired) electrons. The van der Waals surface area contributed by atoms with E-state index in [0.29, 0.717) is 13.1 Å². The van der Waals surface area contributed by atoms with E-state index in [1.54, 1.807) is 9.80 Å². The van der Waals surface area contributed by atoms with Gasteiger partial charge in [-0.25, -0.2) is 4.79 Å². The van der Waals surface area contributed by atoms with Gasteiger partial charge in [0.15, 0.2) is 0 Å². The minimum Gasteiger partial charge on any atom is -0.328 e. The predicted molar refractivity (Wildman–Crippen MR) is 77.5 cm³/mol. The molecular formula is C13H23N3OS. The van der Waals surface area contributed by atoms with Crippen LogP contribution in [0.4, 0.5) is 9.80 Å². The first-order valence-corrected chi connectivity index (χ1v) is 7.08. The summed E-state index contributed by atoms with van der Waals surface area (Å²) in [5.74, 6) is 0. The van der Waals surface area contributed by atoms with Crippen LogP contribution in [-0.4, -0.2) is 35.4 Å². The van der Waals surface area contributed by atoms with E-state index >= 15 is 0 Å². The molecule has 0 aromatic carbocycles. The number of hydrogen-bond acceptors (Lipinski definition) is 3. The molecule has 18 heavy (non-hydrogen) atoms. The Kier molecular flexibility index (Phi) is 4.73. The Labute approximate surface area is 114 Å². The highest BCUT2D eigenvalue weighted by atomic mass is 32.1. The fourth-order valence-corrected chi connectivity index (χ4v) is 2.46. The molecule has 1 rings (SSSR count). The topological polar surface area (TPSA) is 36.4 Å². The molecule has 0 aliphatic carbocycles. The molecule has 0 aliphatic heterocycles. The van der Waals surface area contributed by atoms with Crippen LogP contribution in [0.15, 0.2) is 6.07 Å². The largest absolute Gasteiger partial charge is 0.328 e. The lowest BCUT2D eigenvalue weighted by atomic mass is 9.92. The third-order valence-corrected chi connectivity index (χ3v) is 3.69. The summed E-state index contributed by atoms with van der Waals surface area (Å²) in [7, 11) is 1.82. The van der Waals surface area contributed by atoms with Crippen LogP contribution in [0.25, 0.3) is 0 Å². The third kappa shape index (κ3) is 3.22. The van der Waals surface area contributed by atoms with Crippen LogP contribution in [0.5, 0.6) is 0 Å². The Morgan fingerprint density at radius 1 is 1.33 bits per heavy atom. The molecule has 1 heterocycles. The second-order valence-electron chi connectivity index (χ2n) is 5.34. The highest BCUT2D eigenvalue weighted by Gasteiger charge is 2.23. The van der Waals surface area contributed by atoms with Crippen LogP contribution in [0.3, 0.4) is 0 Å². The number of hydrogen-bond donors (Lipinski definition) is 0. The fraction of sp³-hybridized carbons (Fsp3) is 0.692. The van der Waals surface area contributed by atoms with Gasteiger partial charge in [0.05, 0.1) is 5.69 Å². The molecule has 4 nitrogen and oxygen atoms in total. The number of amides is 2. The van der Waals surface area contributed by atoms with Crippen LogP contribution in [0.2, 0.25) is 0 Å². The van der Waals surface area contributed by atoms with Gasteiger partial charge in [-0.3, -0.25) is 4.90 Å². The van der Waals surface area contributed by atoms with E-state index < -0.39 is 0 Å². The molecule has 0 unspecified atom stereocenters. The van der Waals surface area contributed by atoms with Gasteiger partial charge in [0.25, 0.3) is 0 Å². The molecule has 1 aromatic rings. The van der Waals surface area contributed by atoms with Gasteiger partial charge < -0.3 is 4.90 Å². The first-order valence-electron chi connectivity index (χ1n) is 6.31. The smallest absolute Gasteiger partial charge is 0.324 e. The van der Waals surface area contributed by atoms with Crippen molar-refractivity contribution in [2.24, 2.45) is 0 Å². The molecule has 0 saturated carbocycles. The van der Waals surface area contributed by atoms with Gasteiger partial charge in [-0.1, -0.05) is 20.8 Å². The van der Waals surface area contributed by atoms with Crippen molar-refractivity contribution in [2.45, 2.75) is 40.0 Å². The molecule has 0 fully saturated rings. The molecule has 1 aromatic heterocycles. The molecule has 2 amide bonds. The van der Waals surface area contributed by atoms with Crippen molar-refractivity contribution >= 4 is 22.6 Å². The predicted octanol–water partition coefficient (Wildman–Crippen LogP) is 3.34. The van der Waals surface area contributed by atoms with Gasteiger partial charge in [-0.05, 0) is 31.4 Å². The first kappa shape index (κ1) is 15.0. The van der Waals surface area contributed by atoms with Crippen LogP contribution < -0.4 is 4.90 Å². The van der Waals surface area contributed by atoms with Crippen molar-refractivity contribution in [3.05, 3.63) is 11.8 Å². The summed E-state index contributed by atoms with van der Waals surface area (Å²) in [6.07, 6.45) is 0.